The lowest BCUT2D eigenvalue weighted by molar-refractivity contribution is -0.150. The van der Waals surface area contributed by atoms with Crippen LogP contribution in [0, 0.1) is 11.3 Å². The fourth-order valence-corrected chi connectivity index (χ4v) is 3.04. The van der Waals surface area contributed by atoms with Crippen LogP contribution in [0.2, 0.25) is 0 Å². The Morgan fingerprint density at radius 2 is 2.04 bits per heavy atom. The molecule has 2 rings (SSSR count). The van der Waals surface area contributed by atoms with E-state index in [4.69, 9.17) is 9.47 Å². The summed E-state index contributed by atoms with van der Waals surface area (Å²) in [6, 6.07) is 8.97. The van der Waals surface area contributed by atoms with Gasteiger partial charge in [-0.2, -0.15) is 5.26 Å². The van der Waals surface area contributed by atoms with Crippen molar-refractivity contribution in [2.75, 3.05) is 20.3 Å². The first-order valence-corrected chi connectivity index (χ1v) is 8.81. The van der Waals surface area contributed by atoms with Crippen molar-refractivity contribution < 1.29 is 19.1 Å². The summed E-state index contributed by atoms with van der Waals surface area (Å²) in [4.78, 5) is 26.3. The van der Waals surface area contributed by atoms with Crippen LogP contribution in [0.15, 0.2) is 29.8 Å². The lowest BCUT2D eigenvalue weighted by atomic mass is 10.00. The molecule has 1 aromatic carbocycles. The maximum atomic E-state index is 12.3. The minimum atomic E-state index is -0.790. The first-order chi connectivity index (χ1) is 12.6. The Bertz CT molecular complexity index is 704. The van der Waals surface area contributed by atoms with Crippen molar-refractivity contribution in [1.29, 1.82) is 5.26 Å². The molecule has 0 bridgehead atoms. The molecule has 1 saturated heterocycles. The summed E-state index contributed by atoms with van der Waals surface area (Å²) in [5, 5.41) is 9.21. The molecule has 0 N–H and O–H groups in total. The fourth-order valence-electron chi connectivity index (χ4n) is 3.04. The zero-order valence-electron chi connectivity index (χ0n) is 15.2. The highest BCUT2D eigenvalue weighted by molar-refractivity contribution is 5.98. The summed E-state index contributed by atoms with van der Waals surface area (Å²) in [6.45, 7) is 2.41. The van der Waals surface area contributed by atoms with Gasteiger partial charge in [0.25, 0.3) is 5.91 Å². The molecule has 1 aliphatic heterocycles. The van der Waals surface area contributed by atoms with E-state index in [9.17, 15) is 14.9 Å². The van der Waals surface area contributed by atoms with Crippen LogP contribution in [0.5, 0.6) is 5.75 Å². The van der Waals surface area contributed by atoms with Crippen LogP contribution in [0.3, 0.4) is 0 Å². The average molecular weight is 356 g/mol. The smallest absolute Gasteiger partial charge is 0.349 e. The second-order valence-electron chi connectivity index (χ2n) is 6.16. The van der Waals surface area contributed by atoms with Crippen molar-refractivity contribution in [3.8, 4) is 11.8 Å². The van der Waals surface area contributed by atoms with Crippen molar-refractivity contribution in [2.24, 2.45) is 0 Å². The number of methoxy groups -OCH3 is 1. The van der Waals surface area contributed by atoms with E-state index < -0.39 is 5.97 Å². The third-order valence-corrected chi connectivity index (χ3v) is 4.51. The van der Waals surface area contributed by atoms with Gasteiger partial charge in [-0.3, -0.25) is 4.79 Å². The number of likely N-dealkylation sites (tertiary alicyclic amines) is 1. The number of nitrogens with zero attached hydrogens (tertiary/aromatic N) is 2. The molecule has 0 aromatic heterocycles. The van der Waals surface area contributed by atoms with E-state index in [0.717, 1.165) is 25.7 Å². The van der Waals surface area contributed by atoms with Crippen molar-refractivity contribution in [3.05, 3.63) is 35.4 Å². The van der Waals surface area contributed by atoms with Gasteiger partial charge in [0.05, 0.1) is 7.11 Å². The van der Waals surface area contributed by atoms with E-state index in [-0.39, 0.29) is 24.1 Å². The van der Waals surface area contributed by atoms with Gasteiger partial charge in [-0.15, -0.1) is 0 Å². The molecule has 1 fully saturated rings. The number of rotatable bonds is 6. The summed E-state index contributed by atoms with van der Waals surface area (Å²) in [6.07, 6.45) is 5.39. The standard InChI is InChI=1S/C20H24N2O4/c1-3-17-6-4-5-11-22(17)19(23)14-26-20(24)16(13-21)12-15-7-9-18(25-2)10-8-15/h7-10,12,17H,3-6,11,14H2,1-2H3/b16-12+/t17-/m0/s1. The minimum Gasteiger partial charge on any atom is -0.497 e. The molecule has 0 unspecified atom stereocenters. The molecule has 1 heterocycles. The summed E-state index contributed by atoms with van der Waals surface area (Å²) in [5.41, 5.74) is 0.529. The summed E-state index contributed by atoms with van der Waals surface area (Å²) < 4.78 is 10.1. The molecule has 1 aromatic rings. The Balaban J connectivity index is 1.97. The second-order valence-corrected chi connectivity index (χ2v) is 6.16. The number of carbonyl (C=O) groups is 2. The van der Waals surface area contributed by atoms with Gasteiger partial charge in [0.15, 0.2) is 6.61 Å². The predicted molar refractivity (Wildman–Crippen MR) is 97.2 cm³/mol. The summed E-state index contributed by atoms with van der Waals surface area (Å²) >= 11 is 0. The van der Waals surface area contributed by atoms with Crippen LogP contribution < -0.4 is 4.74 Å². The largest absolute Gasteiger partial charge is 0.497 e. The highest BCUT2D eigenvalue weighted by Gasteiger charge is 2.26. The Labute approximate surface area is 154 Å². The number of nitriles is 1. The van der Waals surface area contributed by atoms with Gasteiger partial charge in [0.2, 0.25) is 0 Å². The van der Waals surface area contributed by atoms with E-state index in [0.29, 0.717) is 17.9 Å². The Hall–Kier alpha value is -2.81. The molecular weight excluding hydrogens is 332 g/mol. The summed E-state index contributed by atoms with van der Waals surface area (Å²) in [7, 11) is 1.56. The van der Waals surface area contributed by atoms with Gasteiger partial charge in [-0.05, 0) is 49.5 Å². The van der Waals surface area contributed by atoms with E-state index >= 15 is 0 Å². The third kappa shape index (κ3) is 5.09. The number of carbonyl (C=O) groups excluding carboxylic acids is 2. The second kappa shape index (κ2) is 9.62. The van der Waals surface area contributed by atoms with Crippen molar-refractivity contribution in [1.82, 2.24) is 4.90 Å². The zero-order valence-corrected chi connectivity index (χ0v) is 15.2. The molecule has 0 spiro atoms. The number of benzene rings is 1. The fraction of sp³-hybridized carbons (Fsp3) is 0.450. The Kier molecular flexibility index (Phi) is 7.22. The van der Waals surface area contributed by atoms with Gasteiger partial charge in [0, 0.05) is 12.6 Å². The molecule has 1 aliphatic rings. The number of piperidine rings is 1. The van der Waals surface area contributed by atoms with Gasteiger partial charge in [0.1, 0.15) is 17.4 Å². The Morgan fingerprint density at radius 3 is 2.65 bits per heavy atom. The highest BCUT2D eigenvalue weighted by atomic mass is 16.5. The molecule has 0 saturated carbocycles. The van der Waals surface area contributed by atoms with Crippen LogP contribution in [0.25, 0.3) is 6.08 Å². The number of esters is 1. The molecule has 6 nitrogen and oxygen atoms in total. The number of amides is 1. The number of ether oxygens (including phenoxy) is 2. The van der Waals surface area contributed by atoms with Gasteiger partial charge < -0.3 is 14.4 Å². The van der Waals surface area contributed by atoms with E-state index in [2.05, 4.69) is 0 Å². The van der Waals surface area contributed by atoms with Gasteiger partial charge in [-0.1, -0.05) is 19.1 Å². The molecule has 1 atom stereocenters. The highest BCUT2D eigenvalue weighted by Crippen LogP contribution is 2.20. The molecule has 0 aliphatic carbocycles. The van der Waals surface area contributed by atoms with E-state index in [1.165, 1.54) is 6.08 Å². The van der Waals surface area contributed by atoms with Crippen LogP contribution >= 0.6 is 0 Å². The first kappa shape index (κ1) is 19.5. The number of hydrogen-bond acceptors (Lipinski definition) is 5. The maximum absolute atomic E-state index is 12.3. The SMILES string of the molecule is CC[C@H]1CCCCN1C(=O)COC(=O)/C(C#N)=C/c1ccc(OC)cc1. The molecular formula is C20H24N2O4. The topological polar surface area (TPSA) is 79.6 Å². The minimum absolute atomic E-state index is 0.145. The average Bonchev–Trinajstić information content (AvgIpc) is 2.70. The van der Waals surface area contributed by atoms with Gasteiger partial charge >= 0.3 is 5.97 Å². The lowest BCUT2D eigenvalue weighted by Crippen LogP contribution is -2.45. The molecule has 6 heteroatoms. The van der Waals surface area contributed by atoms with Gasteiger partial charge in [-0.25, -0.2) is 4.79 Å². The molecule has 138 valence electrons. The maximum Gasteiger partial charge on any atom is 0.349 e. The van der Waals surface area contributed by atoms with Crippen LogP contribution in [0.1, 0.15) is 38.2 Å². The van der Waals surface area contributed by atoms with Crippen molar-refractivity contribution in [3.63, 3.8) is 0 Å². The Morgan fingerprint density at radius 1 is 1.31 bits per heavy atom. The van der Waals surface area contributed by atoms with E-state index in [1.807, 2.05) is 13.0 Å². The molecule has 26 heavy (non-hydrogen) atoms. The summed E-state index contributed by atoms with van der Waals surface area (Å²) in [5.74, 6) is -0.311. The van der Waals surface area contributed by atoms with E-state index in [1.54, 1.807) is 36.3 Å². The quantitative estimate of drug-likeness (QED) is 0.445. The first-order valence-electron chi connectivity index (χ1n) is 8.81. The monoisotopic (exact) mass is 356 g/mol. The lowest BCUT2D eigenvalue weighted by Gasteiger charge is -2.35. The third-order valence-electron chi connectivity index (χ3n) is 4.51. The van der Waals surface area contributed by atoms with Crippen LogP contribution in [-0.4, -0.2) is 43.1 Å². The molecule has 0 radical (unpaired) electrons. The predicted octanol–water partition coefficient (Wildman–Crippen LogP) is 2.94. The molecule has 1 amide bonds. The normalized spacial score (nSPS) is 17.3. The van der Waals surface area contributed by atoms with Crippen molar-refractivity contribution >= 4 is 18.0 Å². The van der Waals surface area contributed by atoms with Crippen LogP contribution in [-0.2, 0) is 14.3 Å². The van der Waals surface area contributed by atoms with Crippen LogP contribution in [0.4, 0.5) is 0 Å². The zero-order chi connectivity index (χ0) is 18.9. The van der Waals surface area contributed by atoms with Crippen molar-refractivity contribution in [2.45, 2.75) is 38.6 Å². The number of hydrogen-bond donors (Lipinski definition) is 0.